The summed E-state index contributed by atoms with van der Waals surface area (Å²) in [6, 6.07) is 21.4. The molecule has 0 saturated heterocycles. The quantitative estimate of drug-likeness (QED) is 0.736. The molecule has 0 aliphatic carbocycles. The van der Waals surface area contributed by atoms with Crippen LogP contribution in [0, 0.1) is 11.3 Å². The highest BCUT2D eigenvalue weighted by molar-refractivity contribution is 5.63. The summed E-state index contributed by atoms with van der Waals surface area (Å²) in [7, 11) is 1.63. The van der Waals surface area contributed by atoms with Crippen molar-refractivity contribution in [1.82, 2.24) is 9.78 Å². The number of hydrogen-bond acceptors (Lipinski definition) is 3. The van der Waals surface area contributed by atoms with E-state index in [2.05, 4.69) is 11.2 Å². The smallest absolute Gasteiger partial charge is 0.163 e. The molecule has 0 spiro atoms. The lowest BCUT2D eigenvalue weighted by Crippen LogP contribution is -1.99. The van der Waals surface area contributed by atoms with Gasteiger partial charge in [0.2, 0.25) is 0 Å². The summed E-state index contributed by atoms with van der Waals surface area (Å²) >= 11 is 0. The van der Waals surface area contributed by atoms with Crippen LogP contribution in [0.15, 0.2) is 60.7 Å². The summed E-state index contributed by atoms with van der Waals surface area (Å²) in [6.07, 6.45) is 0. The molecule has 1 heterocycles. The van der Waals surface area contributed by atoms with Gasteiger partial charge in [0.05, 0.1) is 18.5 Å². The summed E-state index contributed by atoms with van der Waals surface area (Å²) in [5.74, 6) is 0.750. The highest BCUT2D eigenvalue weighted by atomic mass is 16.5. The van der Waals surface area contributed by atoms with Crippen LogP contribution in [0.2, 0.25) is 0 Å². The van der Waals surface area contributed by atoms with Gasteiger partial charge in [-0.15, -0.1) is 0 Å². The molecule has 0 saturated carbocycles. The zero-order valence-electron chi connectivity index (χ0n) is 11.5. The minimum absolute atomic E-state index is 0.386. The van der Waals surface area contributed by atoms with Gasteiger partial charge >= 0.3 is 0 Å². The lowest BCUT2D eigenvalue weighted by Gasteiger charge is -2.08. The molecule has 21 heavy (non-hydrogen) atoms. The van der Waals surface area contributed by atoms with Crippen molar-refractivity contribution in [2.24, 2.45) is 0 Å². The van der Waals surface area contributed by atoms with E-state index in [-0.39, 0.29) is 0 Å². The fourth-order valence-corrected chi connectivity index (χ4v) is 2.19. The highest BCUT2D eigenvalue weighted by Crippen LogP contribution is 2.25. The van der Waals surface area contributed by atoms with Crippen LogP contribution in [-0.4, -0.2) is 16.9 Å². The number of benzene rings is 2. The van der Waals surface area contributed by atoms with Crippen molar-refractivity contribution in [2.75, 3.05) is 7.11 Å². The molecule has 0 bridgehead atoms. The number of ether oxygens (including phenoxy) is 1. The normalized spacial score (nSPS) is 10.1. The van der Waals surface area contributed by atoms with Gasteiger partial charge in [-0.05, 0) is 12.1 Å². The fourth-order valence-electron chi connectivity index (χ4n) is 2.19. The Hall–Kier alpha value is -3.06. The lowest BCUT2D eigenvalue weighted by atomic mass is 10.1. The van der Waals surface area contributed by atoms with Gasteiger partial charge in [0.25, 0.3) is 0 Å². The molecule has 1 aromatic heterocycles. The van der Waals surface area contributed by atoms with E-state index in [0.29, 0.717) is 5.69 Å². The van der Waals surface area contributed by atoms with E-state index in [0.717, 1.165) is 22.7 Å². The summed E-state index contributed by atoms with van der Waals surface area (Å²) in [6.45, 7) is 0. The molecule has 3 aromatic rings. The van der Waals surface area contributed by atoms with Crippen LogP contribution in [0.4, 0.5) is 0 Å². The average molecular weight is 275 g/mol. The molecular weight excluding hydrogens is 262 g/mol. The van der Waals surface area contributed by atoms with E-state index < -0.39 is 0 Å². The van der Waals surface area contributed by atoms with Gasteiger partial charge < -0.3 is 4.74 Å². The lowest BCUT2D eigenvalue weighted by molar-refractivity contribution is 0.414. The van der Waals surface area contributed by atoms with E-state index in [9.17, 15) is 0 Å². The van der Waals surface area contributed by atoms with E-state index in [1.54, 1.807) is 17.9 Å². The molecule has 0 radical (unpaired) electrons. The Kier molecular flexibility index (Phi) is 3.40. The molecule has 4 nitrogen and oxygen atoms in total. The van der Waals surface area contributed by atoms with Crippen molar-refractivity contribution in [2.45, 2.75) is 0 Å². The second-order valence-electron chi connectivity index (χ2n) is 4.51. The highest BCUT2D eigenvalue weighted by Gasteiger charge is 2.11. The average Bonchev–Trinajstić information content (AvgIpc) is 3.00. The van der Waals surface area contributed by atoms with Gasteiger partial charge in [-0.2, -0.15) is 10.4 Å². The Labute approximate surface area is 122 Å². The molecule has 0 fully saturated rings. The maximum atomic E-state index is 9.12. The fraction of sp³-hybridized carbons (Fsp3) is 0.0588. The zero-order chi connectivity index (χ0) is 14.7. The third-order valence-electron chi connectivity index (χ3n) is 3.19. The monoisotopic (exact) mass is 275 g/mol. The van der Waals surface area contributed by atoms with Crippen LogP contribution in [0.25, 0.3) is 16.9 Å². The Morgan fingerprint density at radius 3 is 2.57 bits per heavy atom. The summed E-state index contributed by atoms with van der Waals surface area (Å²) in [4.78, 5) is 0. The van der Waals surface area contributed by atoms with Crippen LogP contribution >= 0.6 is 0 Å². The van der Waals surface area contributed by atoms with Crippen molar-refractivity contribution < 1.29 is 4.74 Å². The zero-order valence-corrected chi connectivity index (χ0v) is 11.5. The minimum atomic E-state index is 0.386. The first-order valence-corrected chi connectivity index (χ1v) is 6.52. The Bertz CT molecular complexity index is 800. The summed E-state index contributed by atoms with van der Waals surface area (Å²) in [5, 5.41) is 13.5. The van der Waals surface area contributed by atoms with Crippen LogP contribution in [-0.2, 0) is 0 Å². The molecular formula is C17H13N3O. The minimum Gasteiger partial charge on any atom is -0.497 e. The Morgan fingerprint density at radius 2 is 1.86 bits per heavy atom. The van der Waals surface area contributed by atoms with Gasteiger partial charge in [0, 0.05) is 17.7 Å². The SMILES string of the molecule is COc1cccc(-n2nc(C#N)cc2-c2ccccc2)c1. The van der Waals surface area contributed by atoms with E-state index in [1.807, 2.05) is 54.6 Å². The third kappa shape index (κ3) is 2.49. The molecule has 0 amide bonds. The largest absolute Gasteiger partial charge is 0.497 e. The molecule has 102 valence electrons. The number of nitriles is 1. The number of rotatable bonds is 3. The first-order chi connectivity index (χ1) is 10.3. The van der Waals surface area contributed by atoms with Crippen molar-refractivity contribution in [3.63, 3.8) is 0 Å². The standard InChI is InChI=1S/C17H13N3O/c1-21-16-9-5-8-15(11-16)20-17(10-14(12-18)19-20)13-6-3-2-4-7-13/h2-11H,1H3. The molecule has 0 aliphatic rings. The first kappa shape index (κ1) is 12.9. The number of aromatic nitrogens is 2. The van der Waals surface area contributed by atoms with Crippen LogP contribution in [0.1, 0.15) is 5.69 Å². The molecule has 0 N–H and O–H groups in total. The predicted octanol–water partition coefficient (Wildman–Crippen LogP) is 3.42. The maximum absolute atomic E-state index is 9.12. The van der Waals surface area contributed by atoms with Crippen LogP contribution < -0.4 is 4.74 Å². The van der Waals surface area contributed by atoms with Gasteiger partial charge in [0.15, 0.2) is 5.69 Å². The first-order valence-electron chi connectivity index (χ1n) is 6.52. The van der Waals surface area contributed by atoms with E-state index >= 15 is 0 Å². The Balaban J connectivity index is 2.18. The number of hydrogen-bond donors (Lipinski definition) is 0. The van der Waals surface area contributed by atoms with Gasteiger partial charge in [-0.25, -0.2) is 4.68 Å². The topological polar surface area (TPSA) is 50.8 Å². The second-order valence-corrected chi connectivity index (χ2v) is 4.51. The van der Waals surface area contributed by atoms with Crippen molar-refractivity contribution in [1.29, 1.82) is 5.26 Å². The van der Waals surface area contributed by atoms with Crippen molar-refractivity contribution >= 4 is 0 Å². The number of nitrogens with zero attached hydrogens (tertiary/aromatic N) is 3. The maximum Gasteiger partial charge on any atom is 0.163 e. The molecule has 4 heteroatoms. The molecule has 0 unspecified atom stereocenters. The third-order valence-corrected chi connectivity index (χ3v) is 3.19. The van der Waals surface area contributed by atoms with Crippen LogP contribution in [0.3, 0.4) is 0 Å². The summed E-state index contributed by atoms with van der Waals surface area (Å²) < 4.78 is 7.01. The summed E-state index contributed by atoms with van der Waals surface area (Å²) in [5.41, 5.74) is 3.13. The molecule has 0 atom stereocenters. The molecule has 0 aliphatic heterocycles. The van der Waals surface area contributed by atoms with E-state index in [1.165, 1.54) is 0 Å². The predicted molar refractivity (Wildman–Crippen MR) is 80.3 cm³/mol. The van der Waals surface area contributed by atoms with Crippen molar-refractivity contribution in [3.8, 4) is 28.8 Å². The van der Waals surface area contributed by atoms with Gasteiger partial charge in [-0.1, -0.05) is 36.4 Å². The molecule has 3 rings (SSSR count). The van der Waals surface area contributed by atoms with Gasteiger partial charge in [0.1, 0.15) is 11.8 Å². The number of methoxy groups -OCH3 is 1. The molecule has 2 aromatic carbocycles. The van der Waals surface area contributed by atoms with E-state index in [4.69, 9.17) is 10.00 Å². The Morgan fingerprint density at radius 1 is 1.05 bits per heavy atom. The van der Waals surface area contributed by atoms with Gasteiger partial charge in [-0.3, -0.25) is 0 Å². The van der Waals surface area contributed by atoms with Crippen molar-refractivity contribution in [3.05, 3.63) is 66.4 Å². The second kappa shape index (κ2) is 5.51. The van der Waals surface area contributed by atoms with Crippen LogP contribution in [0.5, 0.6) is 5.75 Å².